The summed E-state index contributed by atoms with van der Waals surface area (Å²) in [4.78, 5) is 0. The summed E-state index contributed by atoms with van der Waals surface area (Å²) in [6.45, 7) is 5.18. The first-order chi connectivity index (χ1) is 14.2. The van der Waals surface area contributed by atoms with Crippen LogP contribution in [0.1, 0.15) is 35.2 Å². The molecule has 0 bridgehead atoms. The Morgan fingerprint density at radius 1 is 0.742 bits per heavy atom. The summed E-state index contributed by atoms with van der Waals surface area (Å²) in [5.74, 6) is 0. The van der Waals surface area contributed by atoms with Crippen molar-refractivity contribution in [3.05, 3.63) is 119 Å². The molecular formula is C27H26Cl2HfSi. The van der Waals surface area contributed by atoms with E-state index in [-0.39, 0.29) is 30.3 Å². The van der Waals surface area contributed by atoms with Crippen LogP contribution in [0.25, 0.3) is 11.6 Å². The number of hydrogen-bond donors (Lipinski definition) is 0. The van der Waals surface area contributed by atoms with Crippen LogP contribution < -0.4 is 24.8 Å². The van der Waals surface area contributed by atoms with E-state index in [1.54, 1.807) is 16.7 Å². The zero-order valence-electron chi connectivity index (χ0n) is 17.9. The van der Waals surface area contributed by atoms with Crippen molar-refractivity contribution in [1.82, 2.24) is 0 Å². The van der Waals surface area contributed by atoms with Gasteiger partial charge in [-0.05, 0) is 0 Å². The van der Waals surface area contributed by atoms with E-state index in [0.29, 0.717) is 0 Å². The van der Waals surface area contributed by atoms with Gasteiger partial charge in [-0.15, -0.1) is 0 Å². The third-order valence-corrected chi connectivity index (χ3v) is 33.3. The molecule has 156 valence electrons. The molecule has 31 heavy (non-hydrogen) atoms. The zero-order chi connectivity index (χ0) is 19.8. The first kappa shape index (κ1) is 24.4. The summed E-state index contributed by atoms with van der Waals surface area (Å²) >= 11 is -2.03. The van der Waals surface area contributed by atoms with Crippen LogP contribution in [0.5, 0.6) is 0 Å². The summed E-state index contributed by atoms with van der Waals surface area (Å²) in [7, 11) is 0. The van der Waals surface area contributed by atoms with Gasteiger partial charge in [-0.25, -0.2) is 0 Å². The maximum atomic E-state index is 2.70. The van der Waals surface area contributed by atoms with Gasteiger partial charge < -0.3 is 24.8 Å². The van der Waals surface area contributed by atoms with Crippen LogP contribution in [0.2, 0.25) is 13.1 Å². The molecule has 0 aromatic heterocycles. The van der Waals surface area contributed by atoms with E-state index in [1.165, 1.54) is 16.7 Å². The van der Waals surface area contributed by atoms with Crippen LogP contribution in [0.4, 0.5) is 0 Å². The SMILES string of the molecule is C[Si](C)=[Hf+2]([C@@H]1C=C(Cc2ccccc2)c2ccccc21)[C@H]1C=Cc2ccccc21.[Cl-].[Cl-]. The molecule has 0 N–H and O–H groups in total. The van der Waals surface area contributed by atoms with Crippen LogP contribution in [-0.4, -0.2) is 5.49 Å². The molecule has 2 atom stereocenters. The van der Waals surface area contributed by atoms with Crippen molar-refractivity contribution >= 4 is 17.1 Å². The minimum atomic E-state index is -2.03. The summed E-state index contributed by atoms with van der Waals surface area (Å²) in [5.41, 5.74) is 8.90. The standard InChI is InChI=1S/C16H13.C9H7.C2H6Si.2ClH.Hf/c1-2-6-13(7-3-1)12-15-11-10-14-8-4-5-9-16(14)15;1-2-5-9-7-3-6-8(9)4-1;1-3-2;;;/h1-11H,12H2;1-7H;1-2H3;2*1H;/q;;;;;+2/p-2. The van der Waals surface area contributed by atoms with E-state index < -0.39 is 20.1 Å². The van der Waals surface area contributed by atoms with Gasteiger partial charge in [-0.3, -0.25) is 0 Å². The fraction of sp³-hybridized carbons (Fsp3) is 0.185. The molecule has 0 unspecified atom stereocenters. The van der Waals surface area contributed by atoms with Crippen molar-refractivity contribution in [1.29, 1.82) is 0 Å². The maximum Gasteiger partial charge on any atom is -1.00 e. The van der Waals surface area contributed by atoms with Gasteiger partial charge in [0.05, 0.1) is 0 Å². The number of allylic oxidation sites excluding steroid dienone is 3. The molecule has 2 aliphatic carbocycles. The second-order valence-corrected chi connectivity index (χ2v) is 33.6. The van der Waals surface area contributed by atoms with Crippen LogP contribution in [0.15, 0.2) is 91.0 Å². The molecule has 0 saturated heterocycles. The summed E-state index contributed by atoms with van der Waals surface area (Å²) in [6, 6.07) is 29.3. The van der Waals surface area contributed by atoms with Crippen LogP contribution in [0, 0.1) is 0 Å². The van der Waals surface area contributed by atoms with E-state index in [2.05, 4.69) is 110 Å². The molecule has 0 amide bonds. The van der Waals surface area contributed by atoms with Crippen molar-refractivity contribution in [2.45, 2.75) is 26.9 Å². The third kappa shape index (κ3) is 4.78. The third-order valence-electron chi connectivity index (χ3n) is 6.29. The molecule has 0 heterocycles. The summed E-state index contributed by atoms with van der Waals surface area (Å²) in [5, 5.41) is 0. The molecule has 0 nitrogen and oxygen atoms in total. The number of halogens is 2. The number of rotatable bonds is 4. The molecule has 5 rings (SSSR count). The fourth-order valence-electron chi connectivity index (χ4n) is 5.00. The Kier molecular flexibility index (Phi) is 8.37. The second kappa shape index (κ2) is 10.6. The van der Waals surface area contributed by atoms with Gasteiger partial charge in [0, 0.05) is 0 Å². The van der Waals surface area contributed by atoms with E-state index in [4.69, 9.17) is 0 Å². The van der Waals surface area contributed by atoms with Crippen LogP contribution in [-0.2, 0) is 26.5 Å². The molecule has 0 radical (unpaired) electrons. The Morgan fingerprint density at radius 2 is 1.39 bits per heavy atom. The quantitative estimate of drug-likeness (QED) is 0.379. The largest absolute Gasteiger partial charge is 1.00 e. The minimum Gasteiger partial charge on any atom is -1.00 e. The van der Waals surface area contributed by atoms with E-state index >= 15 is 0 Å². The van der Waals surface area contributed by atoms with Gasteiger partial charge in [0.25, 0.3) is 0 Å². The number of fused-ring (bicyclic) bond motifs is 2. The van der Waals surface area contributed by atoms with Crippen molar-refractivity contribution in [3.63, 3.8) is 0 Å². The Balaban J connectivity index is 0.00000136. The van der Waals surface area contributed by atoms with Crippen molar-refractivity contribution in [3.8, 4) is 0 Å². The topological polar surface area (TPSA) is 0 Å². The maximum absolute atomic E-state index is 2.70. The molecule has 3 aromatic carbocycles. The van der Waals surface area contributed by atoms with Crippen molar-refractivity contribution in [2.75, 3.05) is 0 Å². The first-order valence-electron chi connectivity index (χ1n) is 10.5. The Hall–Kier alpha value is -1.19. The van der Waals surface area contributed by atoms with Gasteiger partial charge in [0.2, 0.25) is 0 Å². The number of hydrogen-bond acceptors (Lipinski definition) is 0. The molecule has 4 heteroatoms. The van der Waals surface area contributed by atoms with Gasteiger partial charge in [0.1, 0.15) is 0 Å². The van der Waals surface area contributed by atoms with E-state index in [1.807, 2.05) is 0 Å². The van der Waals surface area contributed by atoms with E-state index in [0.717, 1.165) is 13.8 Å². The predicted octanol–water partition coefficient (Wildman–Crippen LogP) is 1.01. The predicted molar refractivity (Wildman–Crippen MR) is 123 cm³/mol. The number of benzene rings is 3. The average Bonchev–Trinajstić information content (AvgIpc) is 3.32. The van der Waals surface area contributed by atoms with Gasteiger partial charge in [0.15, 0.2) is 0 Å². The van der Waals surface area contributed by atoms with Gasteiger partial charge in [-0.2, -0.15) is 0 Å². The monoisotopic (exact) mass is 628 g/mol. The molecular weight excluding hydrogens is 602 g/mol. The fourth-order valence-corrected chi connectivity index (χ4v) is 31.8. The Morgan fingerprint density at radius 3 is 2.13 bits per heavy atom. The molecule has 3 aromatic rings. The minimum absolute atomic E-state index is 0. The van der Waals surface area contributed by atoms with Crippen LogP contribution >= 0.6 is 0 Å². The van der Waals surface area contributed by atoms with Gasteiger partial charge >= 0.3 is 183 Å². The first-order valence-corrected chi connectivity index (χ1v) is 22.5. The molecule has 0 saturated carbocycles. The Bertz CT molecular complexity index is 1160. The Labute approximate surface area is 206 Å². The summed E-state index contributed by atoms with van der Waals surface area (Å²) < 4.78 is 1.46. The molecule has 0 spiro atoms. The van der Waals surface area contributed by atoms with Crippen LogP contribution in [0.3, 0.4) is 0 Å². The normalized spacial score (nSPS) is 17.4. The van der Waals surface area contributed by atoms with E-state index in [9.17, 15) is 0 Å². The second-order valence-electron chi connectivity index (χ2n) is 8.34. The summed E-state index contributed by atoms with van der Waals surface area (Å²) in [6.07, 6.45) is 8.72. The molecule has 0 aliphatic heterocycles. The molecule has 0 fully saturated rings. The van der Waals surface area contributed by atoms with Gasteiger partial charge in [-0.1, -0.05) is 0 Å². The smallest absolute Gasteiger partial charge is 1.00 e. The average molecular weight is 628 g/mol. The molecule has 2 aliphatic rings. The van der Waals surface area contributed by atoms with Crippen molar-refractivity contribution < 1.29 is 44.9 Å². The van der Waals surface area contributed by atoms with Crippen molar-refractivity contribution in [2.24, 2.45) is 0 Å². The zero-order valence-corrected chi connectivity index (χ0v) is 24.0.